The van der Waals surface area contributed by atoms with E-state index in [1.54, 1.807) is 0 Å². The van der Waals surface area contributed by atoms with Crippen LogP contribution in [-0.4, -0.2) is 16.1 Å². The predicted molar refractivity (Wildman–Crippen MR) is 108 cm³/mol. The average molecular weight is 423 g/mol. The van der Waals surface area contributed by atoms with Gasteiger partial charge in [-0.1, -0.05) is 65.8 Å². The van der Waals surface area contributed by atoms with Crippen LogP contribution in [-0.2, 0) is 11.0 Å². The summed E-state index contributed by atoms with van der Waals surface area (Å²) < 4.78 is 43.6. The van der Waals surface area contributed by atoms with Crippen LogP contribution in [0.2, 0.25) is 0 Å². The maximum atomic E-state index is 13.1. The zero-order chi connectivity index (χ0) is 21.8. The first kappa shape index (κ1) is 20.3. The van der Waals surface area contributed by atoms with Gasteiger partial charge < -0.3 is 4.42 Å². The normalized spacial score (nSPS) is 11.5. The smallest absolute Gasteiger partial charge is 0.403 e. The Kier molecular flexibility index (Phi) is 5.53. The van der Waals surface area contributed by atoms with Gasteiger partial charge in [-0.3, -0.25) is 10.1 Å². The third-order valence-electron chi connectivity index (χ3n) is 4.64. The van der Waals surface area contributed by atoms with E-state index in [1.807, 2.05) is 60.7 Å². The van der Waals surface area contributed by atoms with Gasteiger partial charge in [0.15, 0.2) is 0 Å². The van der Waals surface area contributed by atoms with Crippen molar-refractivity contribution in [2.45, 2.75) is 12.1 Å². The number of nitrogens with one attached hydrogen (secondary N) is 1. The zero-order valence-corrected chi connectivity index (χ0v) is 16.0. The molecule has 0 atom stereocenters. The Morgan fingerprint density at radius 1 is 0.806 bits per heavy atom. The molecule has 0 fully saturated rings. The molecule has 0 saturated carbocycles. The van der Waals surface area contributed by atoms with Gasteiger partial charge >= 0.3 is 12.2 Å². The van der Waals surface area contributed by atoms with E-state index in [1.165, 1.54) is 12.1 Å². The number of carbonyl (C=O) groups is 1. The number of hydrogen-bond acceptors (Lipinski definition) is 4. The molecular formula is C23H16F3N3O2. The minimum Gasteiger partial charge on any atom is -0.403 e. The van der Waals surface area contributed by atoms with E-state index < -0.39 is 17.7 Å². The fraction of sp³-hybridized carbons (Fsp3) is 0.0870. The first-order valence-corrected chi connectivity index (χ1v) is 9.34. The number of alkyl halides is 3. The van der Waals surface area contributed by atoms with Crippen LogP contribution >= 0.6 is 0 Å². The van der Waals surface area contributed by atoms with Gasteiger partial charge in [0.1, 0.15) is 0 Å². The molecule has 0 spiro atoms. The van der Waals surface area contributed by atoms with Crippen molar-refractivity contribution in [3.8, 4) is 11.5 Å². The molecule has 5 nitrogen and oxygen atoms in total. The largest absolute Gasteiger partial charge is 0.416 e. The van der Waals surface area contributed by atoms with Crippen LogP contribution in [0.5, 0.6) is 0 Å². The van der Waals surface area contributed by atoms with E-state index in [0.717, 1.165) is 23.3 Å². The van der Waals surface area contributed by atoms with E-state index in [0.29, 0.717) is 5.56 Å². The van der Waals surface area contributed by atoms with Crippen LogP contribution in [0.1, 0.15) is 22.6 Å². The van der Waals surface area contributed by atoms with E-state index in [-0.39, 0.29) is 17.8 Å². The summed E-state index contributed by atoms with van der Waals surface area (Å²) in [5.74, 6) is -0.983. The second-order valence-corrected chi connectivity index (χ2v) is 6.73. The highest BCUT2D eigenvalue weighted by Gasteiger charge is 2.30. The highest BCUT2D eigenvalue weighted by Crippen LogP contribution is 2.31. The van der Waals surface area contributed by atoms with Crippen LogP contribution in [0.3, 0.4) is 0 Å². The fourth-order valence-corrected chi connectivity index (χ4v) is 3.16. The third-order valence-corrected chi connectivity index (χ3v) is 4.64. The molecule has 0 aliphatic heterocycles. The summed E-state index contributed by atoms with van der Waals surface area (Å²) in [5, 5.41) is 10.2. The lowest BCUT2D eigenvalue weighted by Crippen LogP contribution is -2.22. The second kappa shape index (κ2) is 8.43. The molecule has 1 amide bonds. The minimum atomic E-state index is -4.43. The number of amides is 1. The van der Waals surface area contributed by atoms with E-state index in [4.69, 9.17) is 4.42 Å². The highest BCUT2D eigenvalue weighted by molar-refractivity contribution is 5.96. The molecule has 1 aromatic heterocycles. The van der Waals surface area contributed by atoms with Crippen molar-refractivity contribution in [1.82, 2.24) is 10.2 Å². The van der Waals surface area contributed by atoms with Gasteiger partial charge in [-0.15, -0.1) is 5.10 Å². The van der Waals surface area contributed by atoms with Crippen molar-refractivity contribution >= 4 is 11.9 Å². The number of aromatic nitrogens is 2. The second-order valence-electron chi connectivity index (χ2n) is 6.73. The SMILES string of the molecule is O=C(Nc1nnc(-c2ccc(C(F)(F)F)cc2)o1)C(c1ccccc1)c1ccccc1. The molecule has 8 heteroatoms. The van der Waals surface area contributed by atoms with Crippen LogP contribution in [0.15, 0.2) is 89.3 Å². The van der Waals surface area contributed by atoms with Crippen molar-refractivity contribution in [2.24, 2.45) is 0 Å². The number of anilines is 1. The van der Waals surface area contributed by atoms with Crippen molar-refractivity contribution < 1.29 is 22.4 Å². The first-order valence-electron chi connectivity index (χ1n) is 9.34. The van der Waals surface area contributed by atoms with E-state index >= 15 is 0 Å². The number of rotatable bonds is 5. The van der Waals surface area contributed by atoms with E-state index in [2.05, 4.69) is 15.5 Å². The van der Waals surface area contributed by atoms with Gasteiger partial charge in [-0.05, 0) is 35.4 Å². The van der Waals surface area contributed by atoms with E-state index in [9.17, 15) is 18.0 Å². The number of benzene rings is 3. The van der Waals surface area contributed by atoms with Crippen molar-refractivity contribution in [1.29, 1.82) is 0 Å². The molecule has 156 valence electrons. The van der Waals surface area contributed by atoms with Crippen molar-refractivity contribution in [2.75, 3.05) is 5.32 Å². The summed E-state index contributed by atoms with van der Waals surface area (Å²) in [6.45, 7) is 0. The first-order chi connectivity index (χ1) is 14.9. The van der Waals surface area contributed by atoms with Gasteiger partial charge in [0.05, 0.1) is 11.5 Å². The Morgan fingerprint density at radius 3 is 1.87 bits per heavy atom. The number of nitrogens with zero attached hydrogens (tertiary/aromatic N) is 2. The lowest BCUT2D eigenvalue weighted by Gasteiger charge is -2.16. The summed E-state index contributed by atoms with van der Waals surface area (Å²) >= 11 is 0. The van der Waals surface area contributed by atoms with Crippen LogP contribution in [0.25, 0.3) is 11.5 Å². The number of carbonyl (C=O) groups excluding carboxylic acids is 1. The van der Waals surface area contributed by atoms with Gasteiger partial charge in [-0.25, -0.2) is 0 Å². The average Bonchev–Trinajstić information content (AvgIpc) is 3.23. The topological polar surface area (TPSA) is 68.0 Å². The summed E-state index contributed by atoms with van der Waals surface area (Å²) in [6, 6.07) is 22.7. The molecule has 3 aromatic carbocycles. The van der Waals surface area contributed by atoms with Crippen molar-refractivity contribution in [3.63, 3.8) is 0 Å². The molecule has 4 rings (SSSR count). The molecule has 0 saturated heterocycles. The standard InChI is InChI=1S/C23H16F3N3O2/c24-23(25,26)18-13-11-17(12-14-18)21-28-29-22(31-21)27-20(30)19(15-7-3-1-4-8-15)16-9-5-2-6-10-16/h1-14,19H,(H,27,29,30). The Bertz CT molecular complexity index is 1120. The molecule has 31 heavy (non-hydrogen) atoms. The maximum Gasteiger partial charge on any atom is 0.416 e. The third kappa shape index (κ3) is 4.63. The van der Waals surface area contributed by atoms with Gasteiger partial charge in [0, 0.05) is 5.56 Å². The monoisotopic (exact) mass is 423 g/mol. The molecule has 0 aliphatic rings. The molecule has 1 heterocycles. The van der Waals surface area contributed by atoms with Crippen molar-refractivity contribution in [3.05, 3.63) is 102 Å². The molecule has 0 aliphatic carbocycles. The Balaban J connectivity index is 1.56. The van der Waals surface area contributed by atoms with Gasteiger partial charge in [0.25, 0.3) is 0 Å². The maximum absolute atomic E-state index is 13.1. The minimum absolute atomic E-state index is 0.00000304. The summed E-state index contributed by atoms with van der Waals surface area (Å²) in [5.41, 5.74) is 1.10. The summed E-state index contributed by atoms with van der Waals surface area (Å²) in [6.07, 6.45) is -4.43. The fourth-order valence-electron chi connectivity index (χ4n) is 3.16. The Hall–Kier alpha value is -3.94. The van der Waals surface area contributed by atoms with Crippen LogP contribution in [0, 0.1) is 0 Å². The lowest BCUT2D eigenvalue weighted by molar-refractivity contribution is -0.137. The Labute approximate surface area is 175 Å². The van der Waals surface area contributed by atoms with Gasteiger partial charge in [0.2, 0.25) is 11.8 Å². The molecule has 0 radical (unpaired) electrons. The molecule has 0 unspecified atom stereocenters. The quantitative estimate of drug-likeness (QED) is 0.459. The highest BCUT2D eigenvalue weighted by atomic mass is 19.4. The summed E-state index contributed by atoms with van der Waals surface area (Å²) in [4.78, 5) is 13.1. The molecular weight excluding hydrogens is 407 g/mol. The Morgan fingerprint density at radius 2 is 1.35 bits per heavy atom. The number of halogens is 3. The van der Waals surface area contributed by atoms with Crippen LogP contribution < -0.4 is 5.32 Å². The molecule has 1 N–H and O–H groups in total. The predicted octanol–water partition coefficient (Wildman–Crippen LogP) is 5.53. The molecule has 0 bridgehead atoms. The lowest BCUT2D eigenvalue weighted by atomic mass is 9.90. The molecule has 4 aromatic rings. The summed E-state index contributed by atoms with van der Waals surface area (Å²) in [7, 11) is 0. The number of hydrogen-bond donors (Lipinski definition) is 1. The van der Waals surface area contributed by atoms with Crippen LogP contribution in [0.4, 0.5) is 19.2 Å². The zero-order valence-electron chi connectivity index (χ0n) is 16.0. The van der Waals surface area contributed by atoms with Gasteiger partial charge in [-0.2, -0.15) is 13.2 Å².